The van der Waals surface area contributed by atoms with Crippen LogP contribution in [0, 0.1) is 19.3 Å². The van der Waals surface area contributed by atoms with Gasteiger partial charge in [0.05, 0.1) is 41.3 Å². The molecule has 0 bridgehead atoms. The van der Waals surface area contributed by atoms with Crippen LogP contribution < -0.4 is 0 Å². The van der Waals surface area contributed by atoms with Crippen molar-refractivity contribution in [2.24, 2.45) is 5.41 Å². The van der Waals surface area contributed by atoms with Crippen molar-refractivity contribution in [1.29, 1.82) is 0 Å². The summed E-state index contributed by atoms with van der Waals surface area (Å²) in [6.07, 6.45) is 2.49. The third kappa shape index (κ3) is 6.22. The van der Waals surface area contributed by atoms with E-state index in [9.17, 15) is 22.8 Å². The number of halogens is 3. The minimum Gasteiger partial charge on any atom is -0.335 e. The Bertz CT molecular complexity index is 1610. The molecule has 244 valence electrons. The number of hydrogen-bond donors (Lipinski definition) is 0. The molecule has 2 fully saturated rings. The Hall–Kier alpha value is -4.34. The molecule has 0 spiro atoms. The van der Waals surface area contributed by atoms with Gasteiger partial charge in [-0.15, -0.1) is 13.2 Å². The standard InChI is InChI=1S/C36H42F3N5O2/c1-7-14-35(15-8-2)21-31-32(30-23-42(40-25(30)4)22-27-12-10-9-11-13-27)44(17-16-43(31)33(35)45)34(46)41(6)26(5)28-18-24(3)19-29(20-28)36(37,38)39/h7-13,18-20,23,26,31-32H,1-2,14-17,21-22H2,3-6H3. The molecule has 10 heteroatoms. The van der Waals surface area contributed by atoms with Crippen molar-refractivity contribution < 1.29 is 22.8 Å². The molecule has 3 unspecified atom stereocenters. The van der Waals surface area contributed by atoms with E-state index in [2.05, 4.69) is 13.2 Å². The number of allylic oxidation sites excluding steroid dienone is 2. The van der Waals surface area contributed by atoms with Gasteiger partial charge in [0.1, 0.15) is 0 Å². The lowest BCUT2D eigenvalue weighted by Gasteiger charge is -2.46. The normalized spacial score (nSPS) is 19.9. The lowest BCUT2D eigenvalue weighted by molar-refractivity contribution is -0.139. The second kappa shape index (κ2) is 12.8. The van der Waals surface area contributed by atoms with Crippen molar-refractivity contribution in [3.63, 3.8) is 0 Å². The molecule has 0 N–H and O–H groups in total. The van der Waals surface area contributed by atoms with E-state index in [0.717, 1.165) is 29.0 Å². The minimum atomic E-state index is -4.50. The van der Waals surface area contributed by atoms with E-state index >= 15 is 0 Å². The molecule has 0 saturated carbocycles. The number of rotatable bonds is 9. The molecule has 2 saturated heterocycles. The minimum absolute atomic E-state index is 0.0323. The number of nitrogens with zero attached hydrogens (tertiary/aromatic N) is 5. The maximum atomic E-state index is 14.4. The van der Waals surface area contributed by atoms with Crippen molar-refractivity contribution in [2.75, 3.05) is 20.1 Å². The first-order valence-electron chi connectivity index (χ1n) is 15.6. The summed E-state index contributed by atoms with van der Waals surface area (Å²) in [5.74, 6) is 0.0323. The second-order valence-electron chi connectivity index (χ2n) is 12.7. The topological polar surface area (TPSA) is 61.7 Å². The van der Waals surface area contributed by atoms with Crippen LogP contribution in [-0.4, -0.2) is 62.6 Å². The fourth-order valence-corrected chi connectivity index (χ4v) is 7.22. The molecule has 0 radical (unpaired) electrons. The van der Waals surface area contributed by atoms with Crippen LogP contribution >= 0.6 is 0 Å². The van der Waals surface area contributed by atoms with Gasteiger partial charge in [0.2, 0.25) is 5.91 Å². The summed E-state index contributed by atoms with van der Waals surface area (Å²) in [5, 5.41) is 4.81. The third-order valence-corrected chi connectivity index (χ3v) is 9.60. The van der Waals surface area contributed by atoms with Crippen LogP contribution in [0.15, 0.2) is 80.0 Å². The fraction of sp³-hybridized carbons (Fsp3) is 0.417. The molecule has 2 aliphatic heterocycles. The zero-order valence-corrected chi connectivity index (χ0v) is 26.9. The first kappa shape index (κ1) is 33.0. The van der Waals surface area contributed by atoms with Crippen LogP contribution in [0.5, 0.6) is 0 Å². The average Bonchev–Trinajstić information content (AvgIpc) is 3.51. The lowest BCUT2D eigenvalue weighted by atomic mass is 9.77. The first-order chi connectivity index (χ1) is 21.8. The van der Waals surface area contributed by atoms with Gasteiger partial charge in [0.25, 0.3) is 0 Å². The lowest BCUT2D eigenvalue weighted by Crippen LogP contribution is -2.57. The number of aromatic nitrogens is 2. The predicted octanol–water partition coefficient (Wildman–Crippen LogP) is 7.48. The maximum absolute atomic E-state index is 14.4. The summed E-state index contributed by atoms with van der Waals surface area (Å²) in [7, 11) is 1.62. The van der Waals surface area contributed by atoms with Crippen LogP contribution in [0.2, 0.25) is 0 Å². The van der Waals surface area contributed by atoms with E-state index in [1.165, 1.54) is 4.90 Å². The van der Waals surface area contributed by atoms with E-state index in [-0.39, 0.29) is 24.5 Å². The van der Waals surface area contributed by atoms with Crippen LogP contribution in [0.25, 0.3) is 0 Å². The molecule has 7 nitrogen and oxygen atoms in total. The number of hydrogen-bond acceptors (Lipinski definition) is 3. The second-order valence-corrected chi connectivity index (χ2v) is 12.7. The number of alkyl halides is 3. The number of urea groups is 1. The number of piperazine rings is 1. The van der Waals surface area contributed by atoms with Crippen LogP contribution in [0.4, 0.5) is 18.0 Å². The van der Waals surface area contributed by atoms with Gasteiger partial charge in [-0.05, 0) is 63.3 Å². The Morgan fingerprint density at radius 3 is 2.41 bits per heavy atom. The SMILES string of the molecule is C=CCC1(CC=C)CC2C(c3cn(Cc4ccccc4)nc3C)N(C(=O)N(C)C(C)c3cc(C)cc(C(F)(F)F)c3)CCN2C1=O. The highest BCUT2D eigenvalue weighted by Gasteiger charge is 2.56. The van der Waals surface area contributed by atoms with Crippen molar-refractivity contribution in [3.8, 4) is 0 Å². The van der Waals surface area contributed by atoms with Crippen molar-refractivity contribution >= 4 is 11.9 Å². The smallest absolute Gasteiger partial charge is 0.335 e. The Morgan fingerprint density at radius 2 is 1.78 bits per heavy atom. The zero-order chi connectivity index (χ0) is 33.4. The van der Waals surface area contributed by atoms with Gasteiger partial charge >= 0.3 is 12.2 Å². The molecular weight excluding hydrogens is 591 g/mol. The number of amides is 3. The van der Waals surface area contributed by atoms with Crippen LogP contribution in [0.3, 0.4) is 0 Å². The fourth-order valence-electron chi connectivity index (χ4n) is 7.22. The maximum Gasteiger partial charge on any atom is 0.416 e. The predicted molar refractivity (Wildman–Crippen MR) is 172 cm³/mol. The molecule has 3 aromatic rings. The Morgan fingerprint density at radius 1 is 1.11 bits per heavy atom. The number of carbonyl (C=O) groups is 2. The van der Waals surface area contributed by atoms with Gasteiger partial charge in [-0.1, -0.05) is 54.1 Å². The Kier molecular flexibility index (Phi) is 9.20. The molecule has 2 aliphatic rings. The van der Waals surface area contributed by atoms with E-state index in [4.69, 9.17) is 5.10 Å². The van der Waals surface area contributed by atoms with Crippen molar-refractivity contribution in [2.45, 2.75) is 70.9 Å². The summed E-state index contributed by atoms with van der Waals surface area (Å²) in [6.45, 7) is 14.3. The van der Waals surface area contributed by atoms with Gasteiger partial charge in [-0.3, -0.25) is 9.48 Å². The number of aryl methyl sites for hydroxylation is 2. The summed E-state index contributed by atoms with van der Waals surface area (Å²) < 4.78 is 42.9. The molecule has 1 aromatic heterocycles. The van der Waals surface area contributed by atoms with E-state index in [0.29, 0.717) is 43.5 Å². The van der Waals surface area contributed by atoms with Crippen molar-refractivity contribution in [1.82, 2.24) is 24.5 Å². The highest BCUT2D eigenvalue weighted by molar-refractivity contribution is 5.87. The highest BCUT2D eigenvalue weighted by atomic mass is 19.4. The third-order valence-electron chi connectivity index (χ3n) is 9.60. The summed E-state index contributed by atoms with van der Waals surface area (Å²) in [5.41, 5.74) is 2.10. The molecule has 2 aromatic carbocycles. The molecule has 5 rings (SSSR count). The Labute approximate surface area is 269 Å². The molecule has 3 heterocycles. The quantitative estimate of drug-likeness (QED) is 0.230. The average molecular weight is 634 g/mol. The van der Waals surface area contributed by atoms with Crippen molar-refractivity contribution in [3.05, 3.63) is 114 Å². The van der Waals surface area contributed by atoms with Crippen LogP contribution in [-0.2, 0) is 17.5 Å². The monoisotopic (exact) mass is 633 g/mol. The summed E-state index contributed by atoms with van der Waals surface area (Å²) in [4.78, 5) is 33.6. The first-order valence-corrected chi connectivity index (χ1v) is 15.6. The molecule has 0 aliphatic carbocycles. The van der Waals surface area contributed by atoms with E-state index < -0.39 is 29.2 Å². The van der Waals surface area contributed by atoms with Gasteiger partial charge in [-0.2, -0.15) is 18.3 Å². The largest absolute Gasteiger partial charge is 0.416 e. The van der Waals surface area contributed by atoms with Gasteiger partial charge in [-0.25, -0.2) is 4.79 Å². The van der Waals surface area contributed by atoms with E-state index in [1.807, 2.05) is 53.0 Å². The number of carbonyl (C=O) groups excluding carboxylic acids is 2. The zero-order valence-electron chi connectivity index (χ0n) is 26.9. The number of benzene rings is 2. The molecule has 3 atom stereocenters. The molecular formula is C36H42F3N5O2. The molecule has 46 heavy (non-hydrogen) atoms. The van der Waals surface area contributed by atoms with Crippen LogP contribution in [0.1, 0.15) is 71.8 Å². The highest BCUT2D eigenvalue weighted by Crippen LogP contribution is 2.50. The van der Waals surface area contributed by atoms with E-state index in [1.54, 1.807) is 44.0 Å². The summed E-state index contributed by atoms with van der Waals surface area (Å²) >= 11 is 0. The summed E-state index contributed by atoms with van der Waals surface area (Å²) in [6, 6.07) is 12.1. The Balaban J connectivity index is 1.53. The molecule has 3 amide bonds. The number of fused-ring (bicyclic) bond motifs is 1. The van der Waals surface area contributed by atoms with Gasteiger partial charge < -0.3 is 14.7 Å². The van der Waals surface area contributed by atoms with Gasteiger partial charge in [0.15, 0.2) is 0 Å². The van der Waals surface area contributed by atoms with Gasteiger partial charge in [0, 0.05) is 31.9 Å².